The first kappa shape index (κ1) is 36.7. The molecule has 4 atom stereocenters. The van der Waals surface area contributed by atoms with E-state index in [9.17, 15) is 27.6 Å². The van der Waals surface area contributed by atoms with E-state index in [-0.39, 0.29) is 32.1 Å². The molecule has 274 valence electrons. The van der Waals surface area contributed by atoms with E-state index < -0.39 is 63.2 Å². The molecule has 8 N–H and O–H groups in total. The summed E-state index contributed by atoms with van der Waals surface area (Å²) >= 11 is 0. The molecule has 2 fully saturated rings. The van der Waals surface area contributed by atoms with E-state index in [2.05, 4.69) is 31.7 Å². The van der Waals surface area contributed by atoms with Gasteiger partial charge in [0.25, 0.3) is 0 Å². The lowest BCUT2D eigenvalue weighted by atomic mass is 9.99. The zero-order valence-corrected chi connectivity index (χ0v) is 29.4. The van der Waals surface area contributed by atoms with E-state index in [1.807, 2.05) is 84.9 Å². The van der Waals surface area contributed by atoms with Crippen molar-refractivity contribution in [1.82, 2.24) is 36.7 Å². The lowest BCUT2D eigenvalue weighted by molar-refractivity contribution is -0.133. The summed E-state index contributed by atoms with van der Waals surface area (Å²) in [4.78, 5) is 59.1. The molecule has 52 heavy (non-hydrogen) atoms. The van der Waals surface area contributed by atoms with Gasteiger partial charge in [-0.3, -0.25) is 19.2 Å². The maximum absolute atomic E-state index is 14.3. The van der Waals surface area contributed by atoms with Crippen LogP contribution in [0.5, 0.6) is 0 Å². The summed E-state index contributed by atoms with van der Waals surface area (Å²) in [6.45, 7) is 0.621. The summed E-state index contributed by atoms with van der Waals surface area (Å²) in [5.41, 5.74) is 6.16. The van der Waals surface area contributed by atoms with Gasteiger partial charge in [0, 0.05) is 54.6 Å². The highest BCUT2D eigenvalue weighted by Gasteiger charge is 2.34. The van der Waals surface area contributed by atoms with Crippen molar-refractivity contribution in [1.29, 1.82) is 0 Å². The van der Waals surface area contributed by atoms with Crippen LogP contribution in [0, 0.1) is 0 Å². The van der Waals surface area contributed by atoms with Gasteiger partial charge in [0.15, 0.2) is 0 Å². The van der Waals surface area contributed by atoms with Crippen molar-refractivity contribution in [2.75, 3.05) is 13.1 Å². The molecule has 2 saturated heterocycles. The maximum atomic E-state index is 14.3. The average Bonchev–Trinajstić information content (AvgIpc) is 3.54. The Morgan fingerprint density at radius 2 is 1.33 bits per heavy atom. The number of hydrogen-bond donors (Lipinski definition) is 7. The van der Waals surface area contributed by atoms with Crippen LogP contribution in [-0.2, 0) is 42.0 Å². The summed E-state index contributed by atoms with van der Waals surface area (Å²) in [7, 11) is -3.70. The molecule has 14 nitrogen and oxygen atoms in total. The number of amides is 4. The number of aromatic nitrogens is 1. The van der Waals surface area contributed by atoms with Gasteiger partial charge in [0.05, 0.1) is 11.7 Å². The number of aromatic amines is 1. The van der Waals surface area contributed by atoms with Gasteiger partial charge in [-0.05, 0) is 36.5 Å². The first-order chi connectivity index (χ1) is 25.0. The van der Waals surface area contributed by atoms with Crippen LogP contribution in [0.25, 0.3) is 10.9 Å². The topological polar surface area (TPSA) is 208 Å². The van der Waals surface area contributed by atoms with Crippen LogP contribution in [-0.4, -0.2) is 78.6 Å². The van der Waals surface area contributed by atoms with Crippen LogP contribution in [0.15, 0.2) is 91.1 Å². The van der Waals surface area contributed by atoms with Crippen LogP contribution >= 0.6 is 0 Å². The fourth-order valence-corrected chi connectivity index (χ4v) is 7.72. The number of fused-ring (bicyclic) bond motifs is 1. The van der Waals surface area contributed by atoms with E-state index in [4.69, 9.17) is 5.14 Å². The Bertz CT molecular complexity index is 1980. The number of nitrogens with two attached hydrogens (primary N) is 1. The van der Waals surface area contributed by atoms with E-state index in [0.29, 0.717) is 25.1 Å². The second kappa shape index (κ2) is 16.5. The smallest absolute Gasteiger partial charge is 0.247 e. The number of rotatable bonds is 8. The number of carbonyl (C=O) groups is 4. The molecular formula is C37H44N8O6S. The Morgan fingerprint density at radius 3 is 2.00 bits per heavy atom. The molecule has 0 unspecified atom stereocenters. The zero-order valence-electron chi connectivity index (χ0n) is 28.6. The third-order valence-corrected chi connectivity index (χ3v) is 10.9. The molecule has 4 amide bonds. The number of nitrogens with zero attached hydrogens (tertiary/aromatic N) is 1. The van der Waals surface area contributed by atoms with Gasteiger partial charge in [-0.1, -0.05) is 78.9 Å². The predicted molar refractivity (Wildman–Crippen MR) is 195 cm³/mol. The zero-order chi connectivity index (χ0) is 36.7. The first-order valence-corrected chi connectivity index (χ1v) is 19.0. The standard InChI is InChI=1S/C37H44N8O6S/c38-52(50,51)27-15-17-45(18-16-27)44-32-22-34(47)43-35(29-23-39-30-14-8-7-13-28(29)30)37(49)41-31(20-25-11-5-2-6-12-25)36(48)40-26(21-33(46)42-32)19-24-9-3-1-4-10-24/h1-14,23,26-27,31-32,35,39,44H,15-22H2,(H,40,48)(H,41,49)(H,42,46)(H,43,47)(H2,38,50,51)/t26-,31+,32+,35+/m1/s1. The number of H-pyrrole nitrogens is 1. The number of piperidine rings is 1. The number of nitrogens with one attached hydrogen (secondary N) is 6. The van der Waals surface area contributed by atoms with E-state index in [1.165, 1.54) is 0 Å². The molecule has 0 radical (unpaired) electrons. The fourth-order valence-electron chi connectivity index (χ4n) is 6.85. The van der Waals surface area contributed by atoms with Gasteiger partial charge >= 0.3 is 0 Å². The third kappa shape index (κ3) is 9.61. The minimum absolute atomic E-state index is 0.113. The molecule has 0 bridgehead atoms. The van der Waals surface area contributed by atoms with Crippen LogP contribution in [0.1, 0.15) is 48.4 Å². The quantitative estimate of drug-likeness (QED) is 0.140. The number of para-hydroxylation sites is 1. The molecular weight excluding hydrogens is 685 g/mol. The number of primary sulfonamides is 1. The summed E-state index contributed by atoms with van der Waals surface area (Å²) in [6.07, 6.45) is 1.43. The highest BCUT2D eigenvalue weighted by atomic mass is 32.2. The van der Waals surface area contributed by atoms with Gasteiger partial charge in [0.1, 0.15) is 18.2 Å². The summed E-state index contributed by atoms with van der Waals surface area (Å²) in [5.74, 6) is -2.01. The third-order valence-electron chi connectivity index (χ3n) is 9.49. The number of carbonyl (C=O) groups excluding carboxylic acids is 4. The minimum atomic E-state index is -3.70. The van der Waals surface area contributed by atoms with Crippen LogP contribution in [0.3, 0.4) is 0 Å². The lowest BCUT2D eigenvalue weighted by Gasteiger charge is -2.35. The molecule has 1 aromatic heterocycles. The molecule has 4 aromatic rings. The van der Waals surface area contributed by atoms with Crippen molar-refractivity contribution in [2.45, 2.75) is 68.1 Å². The van der Waals surface area contributed by atoms with Gasteiger partial charge in [0.2, 0.25) is 33.7 Å². The molecule has 3 aromatic carbocycles. The van der Waals surface area contributed by atoms with Crippen molar-refractivity contribution >= 4 is 44.6 Å². The Balaban J connectivity index is 1.32. The van der Waals surface area contributed by atoms with Gasteiger partial charge in [-0.15, -0.1) is 0 Å². The normalized spacial score (nSPS) is 23.2. The van der Waals surface area contributed by atoms with Gasteiger partial charge in [-0.2, -0.15) is 0 Å². The SMILES string of the molecule is NS(=O)(=O)C1CCN(N[C@H]2CC(=O)N[C@@H](c3c[nH]c4ccccc34)C(=O)N[C@@H](Cc3ccccc3)C(=O)N[C@H](Cc3ccccc3)CC(=O)N2)CC1. The molecule has 2 aliphatic rings. The summed E-state index contributed by atoms with van der Waals surface area (Å²) in [5, 5.41) is 18.9. The van der Waals surface area contributed by atoms with E-state index in [1.54, 1.807) is 11.2 Å². The summed E-state index contributed by atoms with van der Waals surface area (Å²) in [6, 6.07) is 23.2. The van der Waals surface area contributed by atoms with E-state index >= 15 is 0 Å². The highest BCUT2D eigenvalue weighted by molar-refractivity contribution is 7.89. The van der Waals surface area contributed by atoms with Crippen molar-refractivity contribution in [3.63, 3.8) is 0 Å². The van der Waals surface area contributed by atoms with Crippen molar-refractivity contribution in [3.05, 3.63) is 108 Å². The van der Waals surface area contributed by atoms with Crippen LogP contribution < -0.4 is 31.8 Å². The molecule has 3 heterocycles. The Kier molecular flexibility index (Phi) is 11.6. The Labute approximate surface area is 302 Å². The Hall–Kier alpha value is -5.09. The first-order valence-electron chi connectivity index (χ1n) is 17.4. The molecule has 0 spiro atoms. The van der Waals surface area contributed by atoms with Crippen molar-refractivity contribution in [3.8, 4) is 0 Å². The van der Waals surface area contributed by atoms with Gasteiger partial charge in [-0.25, -0.2) is 24.0 Å². The lowest BCUT2D eigenvalue weighted by Crippen LogP contribution is -2.59. The van der Waals surface area contributed by atoms with Crippen molar-refractivity contribution < 1.29 is 27.6 Å². The monoisotopic (exact) mass is 728 g/mol. The molecule has 0 aliphatic carbocycles. The second-order valence-corrected chi connectivity index (χ2v) is 15.2. The second-order valence-electron chi connectivity index (χ2n) is 13.4. The maximum Gasteiger partial charge on any atom is 0.247 e. The van der Waals surface area contributed by atoms with Crippen molar-refractivity contribution in [2.24, 2.45) is 5.14 Å². The van der Waals surface area contributed by atoms with Crippen LogP contribution in [0.2, 0.25) is 0 Å². The molecule has 0 saturated carbocycles. The van der Waals surface area contributed by atoms with Gasteiger partial charge < -0.3 is 26.3 Å². The number of hydrogen-bond acceptors (Lipinski definition) is 8. The predicted octanol–water partition coefficient (Wildman–Crippen LogP) is 1.27. The minimum Gasteiger partial charge on any atom is -0.361 e. The Morgan fingerprint density at radius 1 is 0.712 bits per heavy atom. The fraction of sp³-hybridized carbons (Fsp3) is 0.351. The highest BCUT2D eigenvalue weighted by Crippen LogP contribution is 2.25. The molecule has 15 heteroatoms. The molecule has 6 rings (SSSR count). The number of sulfonamides is 1. The average molecular weight is 729 g/mol. The number of hydrazine groups is 1. The molecule has 2 aliphatic heterocycles. The van der Waals surface area contributed by atoms with E-state index in [0.717, 1.165) is 22.0 Å². The summed E-state index contributed by atoms with van der Waals surface area (Å²) < 4.78 is 23.9. The number of benzene rings is 3. The van der Waals surface area contributed by atoms with Crippen LogP contribution in [0.4, 0.5) is 0 Å². The largest absolute Gasteiger partial charge is 0.361 e.